The van der Waals surface area contributed by atoms with Gasteiger partial charge in [-0.25, -0.2) is 0 Å². The zero-order valence-corrected chi connectivity index (χ0v) is 10.2. The Labute approximate surface area is 97.9 Å². The maximum atomic E-state index is 9.39. The lowest BCUT2D eigenvalue weighted by Crippen LogP contribution is -2.23. The maximum absolute atomic E-state index is 9.39. The highest BCUT2D eigenvalue weighted by Gasteiger charge is 2.21. The zero-order valence-electron chi connectivity index (χ0n) is 10.2. The zero-order chi connectivity index (χ0) is 11.6. The first kappa shape index (κ1) is 11.5. The molecule has 0 spiro atoms. The molecule has 16 heavy (non-hydrogen) atoms. The number of rotatable bonds is 3. The van der Waals surface area contributed by atoms with Crippen molar-refractivity contribution in [2.75, 3.05) is 24.6 Å². The molecule has 1 heterocycles. The average molecular weight is 219 g/mol. The fourth-order valence-electron chi connectivity index (χ4n) is 2.19. The molecule has 1 fully saturated rings. The summed E-state index contributed by atoms with van der Waals surface area (Å²) in [4.78, 5) is 2.43. The standard InChI is InChI=1S/C14H21NO/c1-14(2,11-16)12-6-5-7-13(10-12)15-8-3-4-9-15/h5-7,10,16H,3-4,8-9,11H2,1-2H3. The highest BCUT2D eigenvalue weighted by atomic mass is 16.3. The van der Waals surface area contributed by atoms with Crippen LogP contribution in [0.3, 0.4) is 0 Å². The van der Waals surface area contributed by atoms with E-state index in [2.05, 4.69) is 43.0 Å². The second-order valence-corrected chi connectivity index (χ2v) is 5.29. The van der Waals surface area contributed by atoms with Crippen LogP contribution in [0.25, 0.3) is 0 Å². The third-order valence-corrected chi connectivity index (χ3v) is 3.49. The molecule has 1 aliphatic rings. The van der Waals surface area contributed by atoms with Gasteiger partial charge in [0.05, 0.1) is 6.61 Å². The summed E-state index contributed by atoms with van der Waals surface area (Å²) in [5.41, 5.74) is 2.38. The predicted octanol–water partition coefficient (Wildman–Crippen LogP) is 2.56. The van der Waals surface area contributed by atoms with Gasteiger partial charge >= 0.3 is 0 Å². The molecule has 0 bridgehead atoms. The first-order valence-electron chi connectivity index (χ1n) is 6.10. The van der Waals surface area contributed by atoms with Crippen LogP contribution in [-0.2, 0) is 5.41 Å². The molecular weight excluding hydrogens is 198 g/mol. The smallest absolute Gasteiger partial charge is 0.0522 e. The van der Waals surface area contributed by atoms with Crippen molar-refractivity contribution in [3.8, 4) is 0 Å². The van der Waals surface area contributed by atoms with Gasteiger partial charge in [-0.15, -0.1) is 0 Å². The van der Waals surface area contributed by atoms with Gasteiger partial charge in [-0.1, -0.05) is 26.0 Å². The fourth-order valence-corrected chi connectivity index (χ4v) is 2.19. The van der Waals surface area contributed by atoms with Crippen molar-refractivity contribution < 1.29 is 5.11 Å². The van der Waals surface area contributed by atoms with Gasteiger partial charge in [0.25, 0.3) is 0 Å². The molecule has 1 saturated heterocycles. The van der Waals surface area contributed by atoms with Gasteiger partial charge in [0.1, 0.15) is 0 Å². The van der Waals surface area contributed by atoms with Crippen molar-refractivity contribution >= 4 is 5.69 Å². The summed E-state index contributed by atoms with van der Waals surface area (Å²) >= 11 is 0. The minimum atomic E-state index is -0.143. The van der Waals surface area contributed by atoms with Crippen LogP contribution >= 0.6 is 0 Å². The molecule has 0 atom stereocenters. The Kier molecular flexibility index (Phi) is 3.20. The molecule has 2 rings (SSSR count). The lowest BCUT2D eigenvalue weighted by Gasteiger charge is -2.25. The first-order valence-corrected chi connectivity index (χ1v) is 6.10. The van der Waals surface area contributed by atoms with Crippen LogP contribution < -0.4 is 4.90 Å². The normalized spacial score (nSPS) is 16.8. The third-order valence-electron chi connectivity index (χ3n) is 3.49. The molecule has 88 valence electrons. The number of benzene rings is 1. The van der Waals surface area contributed by atoms with E-state index in [1.54, 1.807) is 0 Å². The fraction of sp³-hybridized carbons (Fsp3) is 0.571. The van der Waals surface area contributed by atoms with E-state index in [0.717, 1.165) is 0 Å². The number of hydrogen-bond donors (Lipinski definition) is 1. The number of aliphatic hydroxyl groups is 1. The molecule has 0 radical (unpaired) electrons. The van der Waals surface area contributed by atoms with Crippen molar-refractivity contribution in [2.24, 2.45) is 0 Å². The van der Waals surface area contributed by atoms with Crippen molar-refractivity contribution in [1.82, 2.24) is 0 Å². The van der Waals surface area contributed by atoms with Gasteiger partial charge in [0.15, 0.2) is 0 Å². The van der Waals surface area contributed by atoms with Crippen LogP contribution in [0.1, 0.15) is 32.3 Å². The SMILES string of the molecule is CC(C)(CO)c1cccc(N2CCCC2)c1. The Morgan fingerprint density at radius 2 is 1.94 bits per heavy atom. The first-order chi connectivity index (χ1) is 7.63. The summed E-state index contributed by atoms with van der Waals surface area (Å²) in [5.74, 6) is 0. The predicted molar refractivity (Wildman–Crippen MR) is 68.0 cm³/mol. The van der Waals surface area contributed by atoms with Crippen molar-refractivity contribution in [2.45, 2.75) is 32.1 Å². The monoisotopic (exact) mass is 219 g/mol. The highest BCUT2D eigenvalue weighted by Crippen LogP contribution is 2.28. The Morgan fingerprint density at radius 3 is 2.56 bits per heavy atom. The van der Waals surface area contributed by atoms with Crippen LogP contribution in [-0.4, -0.2) is 24.8 Å². The lowest BCUT2D eigenvalue weighted by molar-refractivity contribution is 0.218. The summed E-state index contributed by atoms with van der Waals surface area (Å²) in [7, 11) is 0. The third kappa shape index (κ3) is 2.22. The minimum absolute atomic E-state index is 0.143. The van der Waals surface area contributed by atoms with Crippen LogP contribution in [0.4, 0.5) is 5.69 Å². The van der Waals surface area contributed by atoms with Gasteiger partial charge in [-0.2, -0.15) is 0 Å². The molecule has 1 aromatic rings. The lowest BCUT2D eigenvalue weighted by atomic mass is 9.85. The highest BCUT2D eigenvalue weighted by molar-refractivity contribution is 5.50. The van der Waals surface area contributed by atoms with Crippen molar-refractivity contribution in [1.29, 1.82) is 0 Å². The number of anilines is 1. The molecule has 0 unspecified atom stereocenters. The van der Waals surface area contributed by atoms with E-state index in [1.807, 2.05) is 0 Å². The molecule has 1 aromatic carbocycles. The minimum Gasteiger partial charge on any atom is -0.395 e. The number of hydrogen-bond acceptors (Lipinski definition) is 2. The molecule has 1 aliphatic heterocycles. The quantitative estimate of drug-likeness (QED) is 0.844. The molecule has 0 amide bonds. The molecule has 2 heteroatoms. The molecule has 1 N–H and O–H groups in total. The summed E-state index contributed by atoms with van der Waals surface area (Å²) in [6.45, 7) is 6.69. The van der Waals surface area contributed by atoms with E-state index < -0.39 is 0 Å². The van der Waals surface area contributed by atoms with Crippen LogP contribution in [0.2, 0.25) is 0 Å². The van der Waals surface area contributed by atoms with Crippen molar-refractivity contribution in [3.63, 3.8) is 0 Å². The van der Waals surface area contributed by atoms with E-state index in [4.69, 9.17) is 0 Å². The summed E-state index contributed by atoms with van der Waals surface area (Å²) < 4.78 is 0. The van der Waals surface area contributed by atoms with Crippen LogP contribution in [0.15, 0.2) is 24.3 Å². The van der Waals surface area contributed by atoms with E-state index in [1.165, 1.54) is 37.2 Å². The van der Waals surface area contributed by atoms with Gasteiger partial charge in [-0.05, 0) is 30.5 Å². The molecule has 0 aromatic heterocycles. The largest absolute Gasteiger partial charge is 0.395 e. The van der Waals surface area contributed by atoms with Gasteiger partial charge in [-0.3, -0.25) is 0 Å². The Balaban J connectivity index is 2.25. The Morgan fingerprint density at radius 1 is 1.25 bits per heavy atom. The second kappa shape index (κ2) is 4.46. The van der Waals surface area contributed by atoms with E-state index in [0.29, 0.717) is 0 Å². The van der Waals surface area contributed by atoms with Gasteiger partial charge in [0.2, 0.25) is 0 Å². The van der Waals surface area contributed by atoms with Gasteiger partial charge in [0, 0.05) is 24.2 Å². The average Bonchev–Trinajstić information content (AvgIpc) is 2.83. The van der Waals surface area contributed by atoms with Crippen LogP contribution in [0.5, 0.6) is 0 Å². The molecular formula is C14H21NO. The Hall–Kier alpha value is -1.02. The Bertz CT molecular complexity index is 354. The van der Waals surface area contributed by atoms with E-state index in [9.17, 15) is 5.11 Å². The maximum Gasteiger partial charge on any atom is 0.0522 e. The topological polar surface area (TPSA) is 23.5 Å². The molecule has 2 nitrogen and oxygen atoms in total. The molecule has 0 aliphatic carbocycles. The van der Waals surface area contributed by atoms with Crippen LogP contribution in [0, 0.1) is 0 Å². The number of nitrogens with zero attached hydrogens (tertiary/aromatic N) is 1. The summed E-state index contributed by atoms with van der Waals surface area (Å²) in [5, 5.41) is 9.39. The summed E-state index contributed by atoms with van der Waals surface area (Å²) in [6, 6.07) is 8.60. The van der Waals surface area contributed by atoms with Gasteiger partial charge < -0.3 is 10.0 Å². The second-order valence-electron chi connectivity index (χ2n) is 5.29. The molecule has 0 saturated carbocycles. The van der Waals surface area contributed by atoms with E-state index in [-0.39, 0.29) is 12.0 Å². The summed E-state index contributed by atoms with van der Waals surface area (Å²) in [6.07, 6.45) is 2.60. The van der Waals surface area contributed by atoms with Crippen molar-refractivity contribution in [3.05, 3.63) is 29.8 Å². The number of aliphatic hydroxyl groups excluding tert-OH is 1. The van der Waals surface area contributed by atoms with E-state index >= 15 is 0 Å².